The van der Waals surface area contributed by atoms with Crippen LogP contribution in [-0.2, 0) is 9.47 Å². The fraction of sp³-hybridized carbons (Fsp3) is 0.500. The van der Waals surface area contributed by atoms with Gasteiger partial charge in [-0.2, -0.15) is 0 Å². The van der Waals surface area contributed by atoms with E-state index in [9.17, 15) is 35.1 Å². The molecule has 1 saturated heterocycles. The number of hydrogen-bond acceptors (Lipinski definition) is 10. The first-order valence-corrected chi connectivity index (χ1v) is 12.8. The molecule has 1 aliphatic heterocycles. The highest BCUT2D eigenvalue weighted by atomic mass is 16.7. The Hall–Kier alpha value is -2.86. The Bertz CT molecular complexity index is 1310. The minimum atomic E-state index is -1.63. The second kappa shape index (κ2) is 9.41. The van der Waals surface area contributed by atoms with Crippen LogP contribution in [0, 0.1) is 0 Å². The Labute approximate surface area is 220 Å². The molecule has 0 bridgehead atoms. The van der Waals surface area contributed by atoms with Gasteiger partial charge in [0.05, 0.1) is 35.0 Å². The van der Waals surface area contributed by atoms with Crippen molar-refractivity contribution in [3.63, 3.8) is 0 Å². The van der Waals surface area contributed by atoms with Crippen molar-refractivity contribution >= 4 is 11.6 Å². The molecule has 0 amide bonds. The zero-order valence-corrected chi connectivity index (χ0v) is 21.7. The van der Waals surface area contributed by atoms with Crippen LogP contribution in [0.25, 0.3) is 0 Å². The van der Waals surface area contributed by atoms with Gasteiger partial charge in [0, 0.05) is 35.6 Å². The summed E-state index contributed by atoms with van der Waals surface area (Å²) in [6.07, 6.45) is -4.43. The van der Waals surface area contributed by atoms with Gasteiger partial charge in [-0.05, 0) is 45.1 Å². The van der Waals surface area contributed by atoms with Crippen LogP contribution in [0.15, 0.2) is 24.3 Å². The Morgan fingerprint density at radius 2 is 1.79 bits per heavy atom. The zero-order valence-electron chi connectivity index (χ0n) is 21.7. The van der Waals surface area contributed by atoms with Crippen molar-refractivity contribution in [2.75, 3.05) is 14.1 Å². The molecule has 2 aromatic rings. The van der Waals surface area contributed by atoms with Crippen LogP contribution in [0.3, 0.4) is 0 Å². The first-order valence-electron chi connectivity index (χ1n) is 12.8. The topological polar surface area (TPSA) is 157 Å². The number of fused-ring (bicyclic) bond motifs is 3. The number of aliphatic hydroxyl groups excluding tert-OH is 2. The lowest BCUT2D eigenvalue weighted by molar-refractivity contribution is -0.279. The van der Waals surface area contributed by atoms with Crippen molar-refractivity contribution in [2.45, 2.75) is 75.5 Å². The third-order valence-corrected chi connectivity index (χ3v) is 8.25. The molecule has 2 aromatic carbocycles. The van der Waals surface area contributed by atoms with E-state index in [2.05, 4.69) is 0 Å². The van der Waals surface area contributed by atoms with Crippen molar-refractivity contribution in [2.24, 2.45) is 0 Å². The highest BCUT2D eigenvalue weighted by Crippen LogP contribution is 2.53. The van der Waals surface area contributed by atoms with Gasteiger partial charge in [0.1, 0.15) is 17.6 Å². The molecule has 3 aliphatic rings. The van der Waals surface area contributed by atoms with E-state index in [1.54, 1.807) is 13.8 Å². The number of phenols is 2. The summed E-state index contributed by atoms with van der Waals surface area (Å²) in [7, 11) is 3.65. The average Bonchev–Trinajstić information content (AvgIpc) is 2.86. The van der Waals surface area contributed by atoms with Gasteiger partial charge in [0.25, 0.3) is 0 Å². The van der Waals surface area contributed by atoms with Crippen molar-refractivity contribution in [1.82, 2.24) is 4.90 Å². The molecule has 204 valence electrons. The molecule has 0 saturated carbocycles. The summed E-state index contributed by atoms with van der Waals surface area (Å²) >= 11 is 0. The van der Waals surface area contributed by atoms with Crippen LogP contribution in [-0.4, -0.2) is 86.2 Å². The smallest absolute Gasteiger partial charge is 0.198 e. The number of aliphatic hydroxyl groups is 3. The van der Waals surface area contributed by atoms with Gasteiger partial charge < -0.3 is 39.9 Å². The second-order valence-corrected chi connectivity index (χ2v) is 10.7. The number of hydrogen-bond donors (Lipinski definition) is 5. The molecule has 5 rings (SSSR count). The molecule has 7 atom stereocenters. The third kappa shape index (κ3) is 3.95. The molecule has 0 unspecified atom stereocenters. The van der Waals surface area contributed by atoms with Gasteiger partial charge in [0.15, 0.2) is 17.9 Å². The maximum Gasteiger partial charge on any atom is 0.198 e. The van der Waals surface area contributed by atoms with Gasteiger partial charge in [-0.25, -0.2) is 0 Å². The monoisotopic (exact) mass is 527 g/mol. The van der Waals surface area contributed by atoms with E-state index in [0.717, 1.165) is 0 Å². The highest BCUT2D eigenvalue weighted by Gasteiger charge is 2.51. The number of aromatic hydroxyl groups is 2. The number of benzene rings is 2. The summed E-state index contributed by atoms with van der Waals surface area (Å²) < 4.78 is 12.2. The van der Waals surface area contributed by atoms with E-state index in [0.29, 0.717) is 0 Å². The molecule has 0 aromatic heterocycles. The van der Waals surface area contributed by atoms with Gasteiger partial charge in [-0.15, -0.1) is 0 Å². The number of rotatable bonds is 4. The number of phenolic OH excluding ortho intramolecular Hbond substituents is 2. The highest BCUT2D eigenvalue weighted by molar-refractivity contribution is 6.30. The summed E-state index contributed by atoms with van der Waals surface area (Å²) in [4.78, 5) is 28.7. The summed E-state index contributed by atoms with van der Waals surface area (Å²) in [5.74, 6) is -2.23. The Kier molecular flexibility index (Phi) is 6.62. The molecule has 0 radical (unpaired) electrons. The van der Waals surface area contributed by atoms with Crippen LogP contribution in [0.4, 0.5) is 0 Å². The van der Waals surface area contributed by atoms with E-state index in [1.165, 1.54) is 24.3 Å². The fourth-order valence-electron chi connectivity index (χ4n) is 6.03. The number of carbonyl (C=O) groups is 2. The van der Waals surface area contributed by atoms with Gasteiger partial charge in [-0.1, -0.05) is 19.1 Å². The van der Waals surface area contributed by atoms with E-state index in [-0.39, 0.29) is 64.4 Å². The molecule has 0 spiro atoms. The van der Waals surface area contributed by atoms with Gasteiger partial charge in [0.2, 0.25) is 0 Å². The van der Waals surface area contributed by atoms with E-state index >= 15 is 0 Å². The predicted octanol–water partition coefficient (Wildman–Crippen LogP) is 1.94. The van der Waals surface area contributed by atoms with Crippen LogP contribution in [0.5, 0.6) is 11.5 Å². The molecular weight excluding hydrogens is 494 g/mol. The summed E-state index contributed by atoms with van der Waals surface area (Å²) in [5, 5.41) is 55.0. The standard InChI is InChI=1S/C28H33NO9/c1-5-28(36)11-18(31)14-9-15-21(24(33)13-7-6-8-17(30)20(13)25(15)34)26(35)22(14)27(28)38-19-10-16(29(3)4)23(32)12(2)37-19/h6-9,12,16,18-19,23,27,30-32,35-36H,5,10-11H2,1-4H3/t12-,16-,18-,19-,23+,27-,28-/m0/s1. The molecule has 2 aliphatic carbocycles. The summed E-state index contributed by atoms with van der Waals surface area (Å²) in [6.45, 7) is 3.43. The normalized spacial score (nSPS) is 32.6. The quantitative estimate of drug-likeness (QED) is 0.340. The Balaban J connectivity index is 1.64. The van der Waals surface area contributed by atoms with Crippen molar-refractivity contribution in [1.29, 1.82) is 0 Å². The molecule has 10 nitrogen and oxygen atoms in total. The number of nitrogens with zero attached hydrogens (tertiary/aromatic N) is 1. The first kappa shape index (κ1) is 26.7. The van der Waals surface area contributed by atoms with Crippen LogP contribution < -0.4 is 0 Å². The van der Waals surface area contributed by atoms with Crippen LogP contribution in [0.1, 0.15) is 88.3 Å². The summed E-state index contributed by atoms with van der Waals surface area (Å²) in [6, 6.07) is 5.17. The fourth-order valence-corrected chi connectivity index (χ4v) is 6.03. The van der Waals surface area contributed by atoms with Crippen molar-refractivity contribution in [3.8, 4) is 11.5 Å². The minimum Gasteiger partial charge on any atom is -0.507 e. The molecule has 1 heterocycles. The number of ketones is 2. The zero-order chi connectivity index (χ0) is 27.7. The molecule has 10 heteroatoms. The van der Waals surface area contributed by atoms with Crippen LogP contribution >= 0.6 is 0 Å². The van der Waals surface area contributed by atoms with Gasteiger partial charge in [-0.3, -0.25) is 9.59 Å². The lowest BCUT2D eigenvalue weighted by atomic mass is 9.71. The van der Waals surface area contributed by atoms with Crippen molar-refractivity contribution in [3.05, 3.63) is 57.6 Å². The molecular formula is C28H33NO9. The lowest BCUT2D eigenvalue weighted by Crippen LogP contribution is -2.54. The minimum absolute atomic E-state index is 0.0142. The number of ether oxygens (including phenoxy) is 2. The Morgan fingerprint density at radius 3 is 2.45 bits per heavy atom. The van der Waals surface area contributed by atoms with Crippen LogP contribution in [0.2, 0.25) is 0 Å². The predicted molar refractivity (Wildman–Crippen MR) is 134 cm³/mol. The third-order valence-electron chi connectivity index (χ3n) is 8.25. The molecule has 1 fully saturated rings. The van der Waals surface area contributed by atoms with E-state index in [1.807, 2.05) is 19.0 Å². The summed E-state index contributed by atoms with van der Waals surface area (Å²) in [5.41, 5.74) is -2.09. The molecule has 5 N–H and O–H groups in total. The maximum absolute atomic E-state index is 13.5. The SMILES string of the molecule is CC[C@]1(O)C[C@H](O)c2cc3c(c(O)c2[C@@H]1O[C@H]1C[C@H](N(C)C)[C@H](O)[C@H](C)O1)C(=O)c1cccc(O)c1C3=O. The number of likely N-dealkylation sites (N-methyl/N-ethyl adjacent to an activating group) is 1. The average molecular weight is 528 g/mol. The first-order chi connectivity index (χ1) is 17.9. The molecule has 38 heavy (non-hydrogen) atoms. The van der Waals surface area contributed by atoms with E-state index < -0.39 is 53.6 Å². The lowest BCUT2D eigenvalue weighted by Gasteiger charge is -2.47. The number of carbonyl (C=O) groups excluding carboxylic acids is 2. The second-order valence-electron chi connectivity index (χ2n) is 10.7. The van der Waals surface area contributed by atoms with Gasteiger partial charge >= 0.3 is 0 Å². The largest absolute Gasteiger partial charge is 0.507 e. The van der Waals surface area contributed by atoms with E-state index in [4.69, 9.17) is 9.47 Å². The Morgan fingerprint density at radius 1 is 1.11 bits per heavy atom. The van der Waals surface area contributed by atoms with Crippen molar-refractivity contribution < 1.29 is 44.6 Å². The maximum atomic E-state index is 13.5.